The fourth-order valence-corrected chi connectivity index (χ4v) is 5.97. The Bertz CT molecular complexity index is 1540. The summed E-state index contributed by atoms with van der Waals surface area (Å²) >= 11 is 1.40. The number of nitrogens with zero attached hydrogens (tertiary/aromatic N) is 1. The number of pyridine rings is 1. The number of carboxylic acid groups (broad SMARTS) is 1. The van der Waals surface area contributed by atoms with E-state index in [1.165, 1.54) is 37.0 Å². The highest BCUT2D eigenvalue weighted by Gasteiger charge is 2.24. The lowest BCUT2D eigenvalue weighted by molar-refractivity contribution is -0.139. The predicted molar refractivity (Wildman–Crippen MR) is 180 cm³/mol. The van der Waals surface area contributed by atoms with Gasteiger partial charge in [-0.05, 0) is 65.8 Å². The summed E-state index contributed by atoms with van der Waals surface area (Å²) in [6, 6.07) is 20.7. The highest BCUT2D eigenvalue weighted by Crippen LogP contribution is 2.30. The summed E-state index contributed by atoms with van der Waals surface area (Å²) in [5.74, 6) is -0.545. The first kappa shape index (κ1) is 32.9. The molecule has 0 saturated heterocycles. The molecule has 0 aliphatic heterocycles. The van der Waals surface area contributed by atoms with Crippen LogP contribution in [0.1, 0.15) is 85.5 Å². The van der Waals surface area contributed by atoms with Crippen LogP contribution in [0.15, 0.2) is 72.9 Å². The van der Waals surface area contributed by atoms with Gasteiger partial charge in [0.2, 0.25) is 0 Å². The number of benzene rings is 2. The Labute approximate surface area is 265 Å². The second-order valence-electron chi connectivity index (χ2n) is 12.4. The Hall–Kier alpha value is -3.97. The van der Waals surface area contributed by atoms with E-state index >= 15 is 0 Å². The zero-order valence-corrected chi connectivity index (χ0v) is 27.3. The van der Waals surface area contributed by atoms with Gasteiger partial charge in [-0.1, -0.05) is 89.8 Å². The average molecular weight is 613 g/mol. The van der Waals surface area contributed by atoms with Crippen LogP contribution in [0.3, 0.4) is 0 Å². The van der Waals surface area contributed by atoms with Crippen molar-refractivity contribution in [3.8, 4) is 28.1 Å². The lowest BCUT2D eigenvalue weighted by Crippen LogP contribution is -2.42. The average Bonchev–Trinajstić information content (AvgIpc) is 3.51. The van der Waals surface area contributed by atoms with E-state index in [1.54, 1.807) is 6.07 Å². The molecule has 0 saturated carbocycles. The summed E-state index contributed by atoms with van der Waals surface area (Å²) in [5, 5.41) is 12.5. The number of hydrogen-bond donors (Lipinski definition) is 2. The molecule has 1 unspecified atom stereocenters. The van der Waals surface area contributed by atoms with Crippen molar-refractivity contribution in [2.24, 2.45) is 0 Å². The van der Waals surface area contributed by atoms with Gasteiger partial charge in [0.1, 0.15) is 11.8 Å². The van der Waals surface area contributed by atoms with Crippen molar-refractivity contribution in [1.29, 1.82) is 0 Å². The minimum absolute atomic E-state index is 0.0710. The molecule has 1 amide bonds. The van der Waals surface area contributed by atoms with Gasteiger partial charge < -0.3 is 15.2 Å². The number of carboxylic acids is 1. The van der Waals surface area contributed by atoms with Crippen molar-refractivity contribution < 1.29 is 19.4 Å². The molecule has 4 aromatic rings. The van der Waals surface area contributed by atoms with Crippen LogP contribution in [0.2, 0.25) is 0 Å². The molecule has 0 spiro atoms. The summed E-state index contributed by atoms with van der Waals surface area (Å²) in [5.41, 5.74) is 5.73. The molecule has 2 N–H and O–H groups in total. The van der Waals surface area contributed by atoms with E-state index in [0.717, 1.165) is 57.2 Å². The Morgan fingerprint density at radius 1 is 0.909 bits per heavy atom. The van der Waals surface area contributed by atoms with E-state index in [-0.39, 0.29) is 17.7 Å². The maximum absolute atomic E-state index is 12.8. The number of aryl methyl sites for hydroxylation is 1. The van der Waals surface area contributed by atoms with Gasteiger partial charge in [-0.15, -0.1) is 11.3 Å². The van der Waals surface area contributed by atoms with Crippen LogP contribution in [0, 0.1) is 6.92 Å². The second kappa shape index (κ2) is 15.2. The summed E-state index contributed by atoms with van der Waals surface area (Å²) in [6.07, 6.45) is 8.16. The van der Waals surface area contributed by atoms with Gasteiger partial charge in [0.05, 0.1) is 17.2 Å². The van der Waals surface area contributed by atoms with Gasteiger partial charge >= 0.3 is 5.97 Å². The lowest BCUT2D eigenvalue weighted by atomic mass is 9.95. The van der Waals surface area contributed by atoms with Crippen LogP contribution in [-0.2, 0) is 16.6 Å². The normalized spacial score (nSPS) is 12.1. The standard InChI is InChI=1S/C37H44N2O4S/c1-6-7-8-9-10-21-43-30-17-15-27(16-18-30)29-22-25(2)34(38-24-29)28-13-11-26(12-14-28)23-31(36(41)42)39-35(40)32-19-20-33(44-32)37(3,4)5/h11-20,22,24,31H,6-10,21,23H2,1-5H3,(H,39,40)(H,41,42). The smallest absolute Gasteiger partial charge is 0.326 e. The number of nitrogens with one attached hydrogen (secondary N) is 1. The highest BCUT2D eigenvalue weighted by atomic mass is 32.1. The number of aliphatic carboxylic acids is 1. The third-order valence-electron chi connectivity index (χ3n) is 7.62. The number of hydrogen-bond acceptors (Lipinski definition) is 5. The Balaban J connectivity index is 1.36. The SMILES string of the molecule is CCCCCCCOc1ccc(-c2cnc(-c3ccc(CC(NC(=O)c4ccc(C(C)(C)C)s4)C(=O)O)cc3)c(C)c2)cc1. The molecule has 2 aromatic carbocycles. The number of ether oxygens (including phenoxy) is 1. The Kier molecular flexibility index (Phi) is 11.3. The molecule has 232 valence electrons. The van der Waals surface area contributed by atoms with Crippen molar-refractivity contribution in [3.63, 3.8) is 0 Å². The number of amides is 1. The van der Waals surface area contributed by atoms with Gasteiger partial charge in [0.15, 0.2) is 0 Å². The molecule has 0 fully saturated rings. The molecule has 44 heavy (non-hydrogen) atoms. The maximum Gasteiger partial charge on any atom is 0.326 e. The molecular formula is C37H44N2O4S. The molecule has 0 aliphatic rings. The van der Waals surface area contributed by atoms with Gasteiger partial charge in [0.25, 0.3) is 5.91 Å². The van der Waals surface area contributed by atoms with Crippen molar-refractivity contribution in [1.82, 2.24) is 10.3 Å². The summed E-state index contributed by atoms with van der Waals surface area (Å²) in [6.45, 7) is 11.3. The first-order chi connectivity index (χ1) is 21.0. The van der Waals surface area contributed by atoms with E-state index in [9.17, 15) is 14.7 Å². The summed E-state index contributed by atoms with van der Waals surface area (Å²) in [4.78, 5) is 31.2. The monoisotopic (exact) mass is 612 g/mol. The van der Waals surface area contributed by atoms with Crippen LogP contribution < -0.4 is 10.1 Å². The quantitative estimate of drug-likeness (QED) is 0.139. The van der Waals surface area contributed by atoms with E-state index in [0.29, 0.717) is 4.88 Å². The van der Waals surface area contributed by atoms with Crippen LogP contribution in [0.5, 0.6) is 5.75 Å². The van der Waals surface area contributed by atoms with Crippen LogP contribution >= 0.6 is 11.3 Å². The van der Waals surface area contributed by atoms with E-state index in [2.05, 4.69) is 51.2 Å². The molecule has 0 radical (unpaired) electrons. The molecule has 0 aliphatic carbocycles. The molecule has 2 heterocycles. The fraction of sp³-hybridized carbons (Fsp3) is 0.378. The number of carbonyl (C=O) groups is 2. The predicted octanol–water partition coefficient (Wildman–Crippen LogP) is 8.86. The minimum Gasteiger partial charge on any atom is -0.494 e. The summed E-state index contributed by atoms with van der Waals surface area (Å²) in [7, 11) is 0. The fourth-order valence-electron chi connectivity index (χ4n) is 5.00. The molecule has 7 heteroatoms. The lowest BCUT2D eigenvalue weighted by Gasteiger charge is -2.16. The Morgan fingerprint density at radius 2 is 1.59 bits per heavy atom. The molecule has 0 bridgehead atoms. The first-order valence-corrected chi connectivity index (χ1v) is 16.3. The zero-order chi connectivity index (χ0) is 31.7. The zero-order valence-electron chi connectivity index (χ0n) is 26.5. The van der Waals surface area contributed by atoms with Crippen molar-refractivity contribution >= 4 is 23.2 Å². The van der Waals surface area contributed by atoms with E-state index in [1.807, 2.05) is 55.6 Å². The highest BCUT2D eigenvalue weighted by molar-refractivity contribution is 7.14. The van der Waals surface area contributed by atoms with Crippen molar-refractivity contribution in [3.05, 3.63) is 93.8 Å². The number of aromatic nitrogens is 1. The minimum atomic E-state index is -1.06. The Morgan fingerprint density at radius 3 is 2.20 bits per heavy atom. The topological polar surface area (TPSA) is 88.5 Å². The van der Waals surface area contributed by atoms with Crippen molar-refractivity contribution in [2.45, 2.75) is 84.6 Å². The third-order valence-corrected chi connectivity index (χ3v) is 9.13. The van der Waals surface area contributed by atoms with Crippen LogP contribution in [0.4, 0.5) is 0 Å². The number of unbranched alkanes of at least 4 members (excludes halogenated alkanes) is 4. The number of rotatable bonds is 14. The third kappa shape index (κ3) is 9.02. The van der Waals surface area contributed by atoms with Gasteiger partial charge in [-0.2, -0.15) is 0 Å². The molecule has 6 nitrogen and oxygen atoms in total. The molecule has 2 aromatic heterocycles. The van der Waals surface area contributed by atoms with E-state index < -0.39 is 12.0 Å². The number of carbonyl (C=O) groups excluding carboxylic acids is 1. The number of thiophene rings is 1. The maximum atomic E-state index is 12.8. The summed E-state index contributed by atoms with van der Waals surface area (Å²) < 4.78 is 5.91. The molecular weight excluding hydrogens is 568 g/mol. The molecule has 1 atom stereocenters. The molecule has 4 rings (SSSR count). The van der Waals surface area contributed by atoms with Crippen LogP contribution in [-0.4, -0.2) is 34.6 Å². The van der Waals surface area contributed by atoms with Gasteiger partial charge in [-0.25, -0.2) is 4.79 Å². The van der Waals surface area contributed by atoms with Gasteiger partial charge in [0, 0.05) is 28.6 Å². The van der Waals surface area contributed by atoms with Crippen LogP contribution in [0.25, 0.3) is 22.4 Å². The largest absolute Gasteiger partial charge is 0.494 e. The van der Waals surface area contributed by atoms with Crippen molar-refractivity contribution in [2.75, 3.05) is 6.61 Å². The van der Waals surface area contributed by atoms with Gasteiger partial charge in [-0.3, -0.25) is 9.78 Å². The first-order valence-electron chi connectivity index (χ1n) is 15.5. The second-order valence-corrected chi connectivity index (χ2v) is 13.4. The van der Waals surface area contributed by atoms with E-state index in [4.69, 9.17) is 9.72 Å².